The van der Waals surface area contributed by atoms with Crippen molar-refractivity contribution >= 4 is 17.3 Å². The van der Waals surface area contributed by atoms with E-state index in [1.165, 1.54) is 0 Å². The number of amides is 1. The molecule has 2 N–H and O–H groups in total. The molecule has 148 valence electrons. The van der Waals surface area contributed by atoms with Crippen LogP contribution in [-0.2, 0) is 6.54 Å². The van der Waals surface area contributed by atoms with Gasteiger partial charge in [-0.2, -0.15) is 0 Å². The highest BCUT2D eigenvalue weighted by Crippen LogP contribution is 2.34. The minimum absolute atomic E-state index is 0.0229. The normalized spacial score (nSPS) is 15.6. The number of para-hydroxylation sites is 1. The number of carbonyl (C=O) groups is 1. The van der Waals surface area contributed by atoms with Gasteiger partial charge in [-0.25, -0.2) is 0 Å². The summed E-state index contributed by atoms with van der Waals surface area (Å²) in [6.45, 7) is 1.21. The van der Waals surface area contributed by atoms with Gasteiger partial charge in [0.05, 0.1) is 12.2 Å². The van der Waals surface area contributed by atoms with Gasteiger partial charge in [0.25, 0.3) is 5.91 Å². The average Bonchev–Trinajstić information content (AvgIpc) is 2.77. The third-order valence-corrected chi connectivity index (χ3v) is 5.30. The van der Waals surface area contributed by atoms with Gasteiger partial charge in [0.15, 0.2) is 0 Å². The van der Waals surface area contributed by atoms with Gasteiger partial charge in [-0.05, 0) is 35.4 Å². The van der Waals surface area contributed by atoms with Gasteiger partial charge in [-0.15, -0.1) is 0 Å². The molecule has 0 spiro atoms. The number of carbonyl (C=O) groups excluding carboxylic acids is 1. The Morgan fingerprint density at radius 3 is 2.38 bits per heavy atom. The van der Waals surface area contributed by atoms with Crippen molar-refractivity contribution in [1.29, 1.82) is 0 Å². The van der Waals surface area contributed by atoms with Crippen LogP contribution in [-0.4, -0.2) is 36.1 Å². The van der Waals surface area contributed by atoms with E-state index in [1.54, 1.807) is 0 Å². The number of aliphatic hydroxyl groups excluding tert-OH is 1. The molecule has 3 aromatic rings. The summed E-state index contributed by atoms with van der Waals surface area (Å²) >= 11 is 0. The lowest BCUT2D eigenvalue weighted by Crippen LogP contribution is -2.42. The largest absolute Gasteiger partial charge is 0.395 e. The maximum Gasteiger partial charge on any atom is 0.258 e. The highest BCUT2D eigenvalue weighted by molar-refractivity contribution is 6.01. The van der Waals surface area contributed by atoms with Gasteiger partial charge in [-0.3, -0.25) is 4.79 Å². The van der Waals surface area contributed by atoms with Crippen molar-refractivity contribution in [3.8, 4) is 0 Å². The standard InChI is InChI=1S/C24H25N3O2/c1-26(15-16-28)20-13-11-19(12-14-20)23-25-22-10-6-5-9-21(22)24(29)27(23)17-18-7-3-2-4-8-18/h2-14,23,25,28H,15-17H2,1H3/t23-/m1/s1. The monoisotopic (exact) mass is 387 g/mol. The molecule has 0 radical (unpaired) electrons. The molecule has 0 unspecified atom stereocenters. The molecule has 4 rings (SSSR count). The molecular formula is C24H25N3O2. The number of rotatable bonds is 6. The predicted molar refractivity (Wildman–Crippen MR) is 116 cm³/mol. The predicted octanol–water partition coefficient (Wildman–Crippen LogP) is 3.88. The van der Waals surface area contributed by atoms with Crippen LogP contribution in [0.4, 0.5) is 11.4 Å². The maximum absolute atomic E-state index is 13.3. The molecule has 0 saturated heterocycles. The summed E-state index contributed by atoms with van der Waals surface area (Å²) in [6.07, 6.45) is -0.255. The molecule has 5 heteroatoms. The van der Waals surface area contributed by atoms with Gasteiger partial charge in [-0.1, -0.05) is 54.6 Å². The minimum Gasteiger partial charge on any atom is -0.395 e. The van der Waals surface area contributed by atoms with E-state index >= 15 is 0 Å². The number of fused-ring (bicyclic) bond motifs is 1. The average molecular weight is 387 g/mol. The van der Waals surface area contributed by atoms with Crippen LogP contribution < -0.4 is 10.2 Å². The highest BCUT2D eigenvalue weighted by atomic mass is 16.3. The number of aliphatic hydroxyl groups is 1. The molecule has 1 amide bonds. The summed E-state index contributed by atoms with van der Waals surface area (Å²) in [6, 6.07) is 25.8. The Hall–Kier alpha value is -3.31. The second kappa shape index (κ2) is 8.37. The van der Waals surface area contributed by atoms with E-state index in [0.29, 0.717) is 18.7 Å². The molecular weight excluding hydrogens is 362 g/mol. The van der Waals surface area contributed by atoms with Crippen LogP contribution in [0.5, 0.6) is 0 Å². The lowest BCUT2D eigenvalue weighted by molar-refractivity contribution is 0.0666. The summed E-state index contributed by atoms with van der Waals surface area (Å²) in [5.41, 5.74) is 4.68. The Morgan fingerprint density at radius 1 is 0.966 bits per heavy atom. The van der Waals surface area contributed by atoms with E-state index in [0.717, 1.165) is 22.5 Å². The lowest BCUT2D eigenvalue weighted by Gasteiger charge is -2.38. The van der Waals surface area contributed by atoms with Crippen LogP contribution in [0.25, 0.3) is 0 Å². The smallest absolute Gasteiger partial charge is 0.258 e. The third kappa shape index (κ3) is 3.96. The quantitative estimate of drug-likeness (QED) is 0.674. The zero-order chi connectivity index (χ0) is 20.2. The highest BCUT2D eigenvalue weighted by Gasteiger charge is 2.32. The Bertz CT molecular complexity index is 973. The first kappa shape index (κ1) is 19.0. The fourth-order valence-corrected chi connectivity index (χ4v) is 3.69. The molecule has 0 aliphatic carbocycles. The maximum atomic E-state index is 13.3. The van der Waals surface area contributed by atoms with Crippen molar-refractivity contribution in [3.05, 3.63) is 95.6 Å². The number of hydrogen-bond acceptors (Lipinski definition) is 4. The van der Waals surface area contributed by atoms with E-state index < -0.39 is 0 Å². The summed E-state index contributed by atoms with van der Waals surface area (Å²) in [4.78, 5) is 17.2. The van der Waals surface area contributed by atoms with E-state index in [2.05, 4.69) is 5.32 Å². The lowest BCUT2D eigenvalue weighted by atomic mass is 10.0. The van der Waals surface area contributed by atoms with Crippen molar-refractivity contribution < 1.29 is 9.90 Å². The van der Waals surface area contributed by atoms with E-state index in [4.69, 9.17) is 5.11 Å². The molecule has 0 bridgehead atoms. The van der Waals surface area contributed by atoms with Gasteiger partial charge in [0, 0.05) is 31.5 Å². The van der Waals surface area contributed by atoms with Crippen molar-refractivity contribution in [3.63, 3.8) is 0 Å². The van der Waals surface area contributed by atoms with Gasteiger partial charge in [0.1, 0.15) is 6.17 Å². The fourth-order valence-electron chi connectivity index (χ4n) is 3.69. The first-order valence-corrected chi connectivity index (χ1v) is 9.80. The third-order valence-electron chi connectivity index (χ3n) is 5.30. The molecule has 0 aromatic heterocycles. The first-order valence-electron chi connectivity index (χ1n) is 9.80. The van der Waals surface area contributed by atoms with Crippen molar-refractivity contribution in [2.75, 3.05) is 30.4 Å². The Morgan fingerprint density at radius 2 is 1.66 bits per heavy atom. The second-order valence-electron chi connectivity index (χ2n) is 7.25. The molecule has 0 saturated carbocycles. The van der Waals surface area contributed by atoms with Crippen LogP contribution >= 0.6 is 0 Å². The topological polar surface area (TPSA) is 55.8 Å². The molecule has 1 atom stereocenters. The molecule has 29 heavy (non-hydrogen) atoms. The summed E-state index contributed by atoms with van der Waals surface area (Å²) in [5.74, 6) is 0.0229. The van der Waals surface area contributed by atoms with E-state index in [9.17, 15) is 4.79 Å². The van der Waals surface area contributed by atoms with Gasteiger partial charge < -0.3 is 20.2 Å². The molecule has 1 aliphatic heterocycles. The van der Waals surface area contributed by atoms with Crippen molar-refractivity contribution in [2.45, 2.75) is 12.7 Å². The second-order valence-corrected chi connectivity index (χ2v) is 7.25. The van der Waals surface area contributed by atoms with Crippen LogP contribution in [0.15, 0.2) is 78.9 Å². The van der Waals surface area contributed by atoms with Crippen molar-refractivity contribution in [1.82, 2.24) is 4.90 Å². The number of nitrogens with one attached hydrogen (secondary N) is 1. The van der Waals surface area contributed by atoms with Gasteiger partial charge >= 0.3 is 0 Å². The molecule has 1 aliphatic rings. The van der Waals surface area contributed by atoms with Crippen LogP contribution in [0.2, 0.25) is 0 Å². The Labute approximate surface area is 171 Å². The number of nitrogens with zero attached hydrogens (tertiary/aromatic N) is 2. The minimum atomic E-state index is -0.255. The molecule has 5 nitrogen and oxygen atoms in total. The van der Waals surface area contributed by atoms with E-state index in [-0.39, 0.29) is 18.7 Å². The molecule has 0 fully saturated rings. The first-order chi connectivity index (χ1) is 14.2. The van der Waals surface area contributed by atoms with Crippen LogP contribution in [0.1, 0.15) is 27.7 Å². The summed E-state index contributed by atoms with van der Waals surface area (Å²) < 4.78 is 0. The van der Waals surface area contributed by atoms with Crippen LogP contribution in [0, 0.1) is 0 Å². The van der Waals surface area contributed by atoms with Crippen molar-refractivity contribution in [2.24, 2.45) is 0 Å². The number of likely N-dealkylation sites (N-methyl/N-ethyl adjacent to an activating group) is 1. The summed E-state index contributed by atoms with van der Waals surface area (Å²) in [5, 5.41) is 12.7. The number of anilines is 2. The molecule has 1 heterocycles. The van der Waals surface area contributed by atoms with E-state index in [1.807, 2.05) is 95.7 Å². The summed E-state index contributed by atoms with van der Waals surface area (Å²) in [7, 11) is 1.95. The Balaban J connectivity index is 1.68. The number of benzene rings is 3. The zero-order valence-electron chi connectivity index (χ0n) is 16.5. The molecule has 3 aromatic carbocycles. The Kier molecular flexibility index (Phi) is 5.49. The number of hydrogen-bond donors (Lipinski definition) is 2. The SMILES string of the molecule is CN(CCO)c1ccc([C@@H]2Nc3ccccc3C(=O)N2Cc2ccccc2)cc1. The zero-order valence-corrected chi connectivity index (χ0v) is 16.5. The van der Waals surface area contributed by atoms with Gasteiger partial charge in [0.2, 0.25) is 0 Å². The fraction of sp³-hybridized carbons (Fsp3) is 0.208. The van der Waals surface area contributed by atoms with Crippen LogP contribution in [0.3, 0.4) is 0 Å².